The topological polar surface area (TPSA) is 93.0 Å². The zero-order chi connectivity index (χ0) is 21.1. The molecule has 9 heteroatoms. The number of anilines is 1. The maximum absolute atomic E-state index is 12.9. The van der Waals surface area contributed by atoms with E-state index in [1.807, 2.05) is 47.4 Å². The molecule has 8 nitrogen and oxygen atoms in total. The van der Waals surface area contributed by atoms with Crippen molar-refractivity contribution in [1.82, 2.24) is 24.6 Å². The van der Waals surface area contributed by atoms with Gasteiger partial charge in [0.1, 0.15) is 5.69 Å². The fourth-order valence-electron chi connectivity index (χ4n) is 3.51. The van der Waals surface area contributed by atoms with Crippen LogP contribution in [-0.2, 0) is 16.1 Å². The normalized spacial score (nSPS) is 15.5. The third-order valence-electron chi connectivity index (χ3n) is 4.82. The lowest BCUT2D eigenvalue weighted by Crippen LogP contribution is -2.41. The Balaban J connectivity index is 1.45. The largest absolute Gasteiger partial charge is 0.332 e. The number of carbonyl (C=O) groups excluding carboxylic acids is 2. The SMILES string of the molecule is CC(=O)Nc1ccccc1SCC(=O)N1Cc2nnc(-c3ccccn3)n2[C@@H](C)C1. The number of nitrogens with zero attached hydrogens (tertiary/aromatic N) is 5. The van der Waals surface area contributed by atoms with Crippen molar-refractivity contribution < 1.29 is 9.59 Å². The number of nitrogens with one attached hydrogen (secondary N) is 1. The zero-order valence-electron chi connectivity index (χ0n) is 16.8. The molecule has 0 fully saturated rings. The van der Waals surface area contributed by atoms with Crippen LogP contribution in [-0.4, -0.2) is 48.8 Å². The maximum Gasteiger partial charge on any atom is 0.233 e. The number of thioether (sulfide) groups is 1. The van der Waals surface area contributed by atoms with Gasteiger partial charge in [-0.15, -0.1) is 22.0 Å². The van der Waals surface area contributed by atoms with E-state index in [0.717, 1.165) is 27.9 Å². The first-order valence-corrected chi connectivity index (χ1v) is 10.6. The molecule has 0 radical (unpaired) electrons. The maximum atomic E-state index is 12.9. The number of rotatable bonds is 5. The molecule has 30 heavy (non-hydrogen) atoms. The van der Waals surface area contributed by atoms with Gasteiger partial charge in [0.25, 0.3) is 0 Å². The summed E-state index contributed by atoms with van der Waals surface area (Å²) in [5, 5.41) is 11.4. The molecule has 3 heterocycles. The molecule has 0 bridgehead atoms. The minimum atomic E-state index is -0.137. The van der Waals surface area contributed by atoms with Crippen LogP contribution >= 0.6 is 11.8 Å². The Morgan fingerprint density at radius 1 is 1.17 bits per heavy atom. The quantitative estimate of drug-likeness (QED) is 0.636. The second-order valence-corrected chi connectivity index (χ2v) is 8.13. The Labute approximate surface area is 178 Å². The molecule has 154 valence electrons. The summed E-state index contributed by atoms with van der Waals surface area (Å²) in [6.45, 7) is 4.52. The molecule has 0 aliphatic carbocycles. The van der Waals surface area contributed by atoms with Gasteiger partial charge in [-0.2, -0.15) is 0 Å². The molecule has 0 saturated heterocycles. The molecule has 1 atom stereocenters. The number of para-hydroxylation sites is 1. The highest BCUT2D eigenvalue weighted by atomic mass is 32.2. The zero-order valence-corrected chi connectivity index (χ0v) is 17.6. The Morgan fingerprint density at radius 3 is 2.73 bits per heavy atom. The number of amides is 2. The average Bonchev–Trinajstić information content (AvgIpc) is 3.18. The van der Waals surface area contributed by atoms with Crippen LogP contribution in [0.1, 0.15) is 25.7 Å². The van der Waals surface area contributed by atoms with Crippen molar-refractivity contribution in [2.45, 2.75) is 31.3 Å². The highest BCUT2D eigenvalue weighted by Crippen LogP contribution is 2.29. The minimum Gasteiger partial charge on any atom is -0.332 e. The van der Waals surface area contributed by atoms with E-state index in [2.05, 4.69) is 32.0 Å². The molecule has 3 aromatic rings. The monoisotopic (exact) mass is 422 g/mol. The van der Waals surface area contributed by atoms with E-state index >= 15 is 0 Å². The molecule has 2 amide bonds. The molecule has 0 saturated carbocycles. The summed E-state index contributed by atoms with van der Waals surface area (Å²) in [5.74, 6) is 1.65. The summed E-state index contributed by atoms with van der Waals surface area (Å²) in [7, 11) is 0. The Morgan fingerprint density at radius 2 is 1.97 bits per heavy atom. The van der Waals surface area contributed by atoms with E-state index in [-0.39, 0.29) is 23.6 Å². The molecule has 1 aromatic carbocycles. The number of carbonyl (C=O) groups is 2. The van der Waals surface area contributed by atoms with E-state index in [0.29, 0.717) is 13.1 Å². The van der Waals surface area contributed by atoms with Gasteiger partial charge in [0.05, 0.1) is 24.0 Å². The number of hydrogen-bond acceptors (Lipinski definition) is 6. The van der Waals surface area contributed by atoms with Crippen molar-refractivity contribution in [3.8, 4) is 11.5 Å². The molecular weight excluding hydrogens is 400 g/mol. The first-order valence-electron chi connectivity index (χ1n) is 9.65. The predicted molar refractivity (Wildman–Crippen MR) is 115 cm³/mol. The molecular formula is C21H22N6O2S. The molecule has 0 spiro atoms. The van der Waals surface area contributed by atoms with Gasteiger partial charge in [0, 0.05) is 24.6 Å². The first kappa shape index (κ1) is 20.1. The highest BCUT2D eigenvalue weighted by molar-refractivity contribution is 8.00. The smallest absolute Gasteiger partial charge is 0.233 e. The van der Waals surface area contributed by atoms with Crippen LogP contribution < -0.4 is 5.32 Å². The molecule has 1 aliphatic heterocycles. The average molecular weight is 423 g/mol. The number of fused-ring (bicyclic) bond motifs is 1. The lowest BCUT2D eigenvalue weighted by atomic mass is 10.2. The van der Waals surface area contributed by atoms with Crippen molar-refractivity contribution >= 4 is 29.3 Å². The van der Waals surface area contributed by atoms with Crippen LogP contribution in [0, 0.1) is 0 Å². The summed E-state index contributed by atoms with van der Waals surface area (Å²) < 4.78 is 2.06. The van der Waals surface area contributed by atoms with Gasteiger partial charge in [0.15, 0.2) is 11.6 Å². The van der Waals surface area contributed by atoms with Crippen molar-refractivity contribution in [3.05, 3.63) is 54.5 Å². The van der Waals surface area contributed by atoms with Crippen LogP contribution in [0.15, 0.2) is 53.6 Å². The summed E-state index contributed by atoms with van der Waals surface area (Å²) >= 11 is 1.42. The minimum absolute atomic E-state index is 0.0260. The second kappa shape index (κ2) is 8.66. The fraction of sp³-hybridized carbons (Fsp3) is 0.286. The van der Waals surface area contributed by atoms with E-state index in [1.54, 1.807) is 6.20 Å². The van der Waals surface area contributed by atoms with Crippen LogP contribution in [0.3, 0.4) is 0 Å². The first-order chi connectivity index (χ1) is 14.5. The Hall–Kier alpha value is -3.20. The lowest BCUT2D eigenvalue weighted by Gasteiger charge is -2.32. The summed E-state index contributed by atoms with van der Waals surface area (Å²) in [6, 6.07) is 13.2. The fourth-order valence-corrected chi connectivity index (χ4v) is 4.42. The van der Waals surface area contributed by atoms with Gasteiger partial charge in [0.2, 0.25) is 11.8 Å². The van der Waals surface area contributed by atoms with Gasteiger partial charge < -0.3 is 14.8 Å². The molecule has 2 aromatic heterocycles. The van der Waals surface area contributed by atoms with Crippen molar-refractivity contribution in [2.75, 3.05) is 17.6 Å². The lowest BCUT2D eigenvalue weighted by molar-refractivity contribution is -0.130. The molecule has 4 rings (SSSR count). The highest BCUT2D eigenvalue weighted by Gasteiger charge is 2.29. The van der Waals surface area contributed by atoms with Crippen LogP contribution in [0.5, 0.6) is 0 Å². The van der Waals surface area contributed by atoms with Crippen LogP contribution in [0.2, 0.25) is 0 Å². The summed E-state index contributed by atoms with van der Waals surface area (Å²) in [5.41, 5.74) is 1.49. The second-order valence-electron chi connectivity index (χ2n) is 7.11. The Bertz CT molecular complexity index is 1070. The van der Waals surface area contributed by atoms with Gasteiger partial charge >= 0.3 is 0 Å². The van der Waals surface area contributed by atoms with E-state index in [4.69, 9.17) is 0 Å². The molecule has 0 unspecified atom stereocenters. The van der Waals surface area contributed by atoms with Crippen molar-refractivity contribution in [2.24, 2.45) is 0 Å². The number of hydrogen-bond donors (Lipinski definition) is 1. The summed E-state index contributed by atoms with van der Waals surface area (Å²) in [4.78, 5) is 31.3. The van der Waals surface area contributed by atoms with Gasteiger partial charge in [-0.05, 0) is 31.2 Å². The Kier molecular flexibility index (Phi) is 5.80. The third kappa shape index (κ3) is 4.20. The van der Waals surface area contributed by atoms with Gasteiger partial charge in [-0.25, -0.2) is 0 Å². The molecule has 1 N–H and O–H groups in total. The molecule has 1 aliphatic rings. The van der Waals surface area contributed by atoms with E-state index < -0.39 is 0 Å². The third-order valence-corrected chi connectivity index (χ3v) is 5.88. The number of aromatic nitrogens is 4. The van der Waals surface area contributed by atoms with Gasteiger partial charge in [-0.1, -0.05) is 18.2 Å². The van der Waals surface area contributed by atoms with Gasteiger partial charge in [-0.3, -0.25) is 14.6 Å². The van der Waals surface area contributed by atoms with Crippen molar-refractivity contribution in [3.63, 3.8) is 0 Å². The van der Waals surface area contributed by atoms with E-state index in [9.17, 15) is 9.59 Å². The van der Waals surface area contributed by atoms with Crippen molar-refractivity contribution in [1.29, 1.82) is 0 Å². The standard InChI is InChI=1S/C21H22N6O2S/c1-14-11-26(12-19-24-25-21(27(14)19)17-8-5-6-10-22-17)20(29)13-30-18-9-4-3-7-16(18)23-15(2)28/h3-10,14H,11-13H2,1-2H3,(H,23,28)/t14-/m0/s1. The predicted octanol–water partition coefficient (Wildman–Crippen LogP) is 2.99. The summed E-state index contributed by atoms with van der Waals surface area (Å²) in [6.07, 6.45) is 1.73. The number of pyridine rings is 1. The van der Waals surface area contributed by atoms with Crippen LogP contribution in [0.25, 0.3) is 11.5 Å². The number of benzene rings is 1. The van der Waals surface area contributed by atoms with Crippen LogP contribution in [0.4, 0.5) is 5.69 Å². The van der Waals surface area contributed by atoms with E-state index in [1.165, 1.54) is 18.7 Å².